The van der Waals surface area contributed by atoms with Crippen LogP contribution in [0.1, 0.15) is 43.2 Å². The van der Waals surface area contributed by atoms with Crippen molar-refractivity contribution in [3.63, 3.8) is 0 Å². The van der Waals surface area contributed by atoms with Gasteiger partial charge in [-0.3, -0.25) is 9.79 Å². The highest BCUT2D eigenvalue weighted by molar-refractivity contribution is 14.0. The van der Waals surface area contributed by atoms with E-state index >= 15 is 0 Å². The molecule has 2 aromatic carbocycles. The third kappa shape index (κ3) is 7.59. The van der Waals surface area contributed by atoms with E-state index in [2.05, 4.69) is 20.9 Å². The Balaban J connectivity index is 0.00000320. The number of halogens is 2. The third-order valence-corrected chi connectivity index (χ3v) is 5.20. The van der Waals surface area contributed by atoms with Crippen molar-refractivity contribution in [2.45, 2.75) is 45.2 Å². The molecule has 0 heterocycles. The molecule has 0 atom stereocenters. The van der Waals surface area contributed by atoms with Crippen LogP contribution in [-0.2, 0) is 17.9 Å². The summed E-state index contributed by atoms with van der Waals surface area (Å²) in [7, 11) is 1.70. The van der Waals surface area contributed by atoms with Gasteiger partial charge in [-0.15, -0.1) is 24.0 Å². The van der Waals surface area contributed by atoms with Crippen molar-refractivity contribution in [2.24, 2.45) is 10.9 Å². The Labute approximate surface area is 195 Å². The second kappa shape index (κ2) is 12.5. The van der Waals surface area contributed by atoms with E-state index in [-0.39, 0.29) is 41.6 Å². The highest BCUT2D eigenvalue weighted by Gasteiger charge is 2.21. The number of nitrogens with zero attached hydrogens (tertiary/aromatic N) is 1. The van der Waals surface area contributed by atoms with E-state index in [9.17, 15) is 9.18 Å². The van der Waals surface area contributed by atoms with Gasteiger partial charge < -0.3 is 16.0 Å². The van der Waals surface area contributed by atoms with E-state index in [0.717, 1.165) is 42.5 Å². The van der Waals surface area contributed by atoms with Crippen LogP contribution in [0.5, 0.6) is 0 Å². The van der Waals surface area contributed by atoms with Crippen LogP contribution in [0.15, 0.2) is 53.5 Å². The van der Waals surface area contributed by atoms with Gasteiger partial charge in [0.2, 0.25) is 5.91 Å². The zero-order valence-electron chi connectivity index (χ0n) is 17.3. The summed E-state index contributed by atoms with van der Waals surface area (Å²) in [5.74, 6) is 0.643. The number of benzene rings is 2. The Bertz CT molecular complexity index is 853. The molecular weight excluding hydrogens is 494 g/mol. The van der Waals surface area contributed by atoms with Crippen molar-refractivity contribution in [3.05, 3.63) is 65.5 Å². The van der Waals surface area contributed by atoms with Crippen molar-refractivity contribution in [1.29, 1.82) is 0 Å². The fourth-order valence-electron chi connectivity index (χ4n) is 3.61. The Morgan fingerprint density at radius 3 is 2.27 bits per heavy atom. The molecule has 2 aromatic rings. The van der Waals surface area contributed by atoms with Gasteiger partial charge in [0.1, 0.15) is 5.82 Å². The van der Waals surface area contributed by atoms with E-state index < -0.39 is 0 Å². The Kier molecular flexibility index (Phi) is 10.1. The molecule has 3 rings (SSSR count). The lowest BCUT2D eigenvalue weighted by Crippen LogP contribution is -2.36. The van der Waals surface area contributed by atoms with E-state index in [4.69, 9.17) is 0 Å². The monoisotopic (exact) mass is 524 g/mol. The zero-order chi connectivity index (χ0) is 20.5. The van der Waals surface area contributed by atoms with Gasteiger partial charge in [-0.05, 0) is 48.2 Å². The molecule has 0 aromatic heterocycles. The molecule has 7 heteroatoms. The second-order valence-electron chi connectivity index (χ2n) is 7.43. The molecule has 0 aliphatic heterocycles. The summed E-state index contributed by atoms with van der Waals surface area (Å²) in [4.78, 5) is 16.7. The van der Waals surface area contributed by atoms with E-state index in [0.29, 0.717) is 19.0 Å². The van der Waals surface area contributed by atoms with Gasteiger partial charge in [-0.2, -0.15) is 0 Å². The molecule has 1 fully saturated rings. The minimum absolute atomic E-state index is 0. The van der Waals surface area contributed by atoms with Crippen LogP contribution in [0.3, 0.4) is 0 Å². The van der Waals surface area contributed by atoms with Crippen LogP contribution < -0.4 is 16.0 Å². The van der Waals surface area contributed by atoms with Gasteiger partial charge >= 0.3 is 0 Å². The topological polar surface area (TPSA) is 65.5 Å². The van der Waals surface area contributed by atoms with E-state index in [1.54, 1.807) is 13.1 Å². The van der Waals surface area contributed by atoms with Gasteiger partial charge in [0, 0.05) is 31.7 Å². The number of hydrogen-bond acceptors (Lipinski definition) is 2. The Morgan fingerprint density at radius 2 is 1.63 bits per heavy atom. The summed E-state index contributed by atoms with van der Waals surface area (Å²) in [5, 5.41) is 9.48. The lowest BCUT2D eigenvalue weighted by atomic mass is 9.88. The average molecular weight is 524 g/mol. The maximum atomic E-state index is 13.3. The van der Waals surface area contributed by atoms with E-state index in [1.807, 2.05) is 30.3 Å². The van der Waals surface area contributed by atoms with Crippen LogP contribution in [0, 0.1) is 11.7 Å². The number of carbonyl (C=O) groups is 1. The fourth-order valence-corrected chi connectivity index (χ4v) is 3.61. The van der Waals surface area contributed by atoms with Crippen molar-refractivity contribution in [1.82, 2.24) is 10.6 Å². The zero-order valence-corrected chi connectivity index (χ0v) is 19.6. The van der Waals surface area contributed by atoms with E-state index in [1.165, 1.54) is 18.6 Å². The van der Waals surface area contributed by atoms with Crippen LogP contribution >= 0.6 is 24.0 Å². The van der Waals surface area contributed by atoms with Gasteiger partial charge in [0.05, 0.1) is 0 Å². The maximum absolute atomic E-state index is 13.3. The van der Waals surface area contributed by atoms with Crippen molar-refractivity contribution >= 4 is 41.5 Å². The summed E-state index contributed by atoms with van der Waals surface area (Å²) < 4.78 is 13.3. The molecule has 1 saturated carbocycles. The Morgan fingerprint density at radius 1 is 1.00 bits per heavy atom. The number of nitrogens with one attached hydrogen (secondary N) is 3. The first-order chi connectivity index (χ1) is 14.1. The quantitative estimate of drug-likeness (QED) is 0.288. The average Bonchev–Trinajstić information content (AvgIpc) is 2.75. The van der Waals surface area contributed by atoms with Crippen LogP contribution in [0.2, 0.25) is 0 Å². The highest BCUT2D eigenvalue weighted by Crippen LogP contribution is 2.25. The molecule has 5 nitrogen and oxygen atoms in total. The van der Waals surface area contributed by atoms with Gasteiger partial charge in [0.15, 0.2) is 5.96 Å². The largest absolute Gasteiger partial charge is 0.352 e. The molecule has 162 valence electrons. The van der Waals surface area contributed by atoms with Crippen LogP contribution in [0.25, 0.3) is 0 Å². The van der Waals surface area contributed by atoms with Crippen molar-refractivity contribution < 1.29 is 9.18 Å². The van der Waals surface area contributed by atoms with Gasteiger partial charge in [-0.25, -0.2) is 4.39 Å². The van der Waals surface area contributed by atoms with Gasteiger partial charge in [0.25, 0.3) is 0 Å². The standard InChI is InChI=1S/C23H29FN4O.HI/c1-25-23(26-15-17-7-5-11-20(24)13-17)27-16-18-8-6-12-21(14-18)28-22(29)19-9-3-2-4-10-19;/h5-8,11-14,19H,2-4,9-10,15-16H2,1H3,(H,28,29)(H2,25,26,27);1H. The maximum Gasteiger partial charge on any atom is 0.227 e. The first-order valence-electron chi connectivity index (χ1n) is 10.2. The number of rotatable bonds is 6. The summed E-state index contributed by atoms with van der Waals surface area (Å²) in [5.41, 5.74) is 2.71. The Hall–Kier alpha value is -2.16. The predicted octanol–water partition coefficient (Wildman–Crippen LogP) is 4.83. The molecule has 1 aliphatic carbocycles. The van der Waals surface area contributed by atoms with Crippen LogP contribution in [-0.4, -0.2) is 18.9 Å². The molecule has 30 heavy (non-hydrogen) atoms. The summed E-state index contributed by atoms with van der Waals surface area (Å²) in [6.45, 7) is 1.05. The summed E-state index contributed by atoms with van der Waals surface area (Å²) >= 11 is 0. The van der Waals surface area contributed by atoms with Gasteiger partial charge in [-0.1, -0.05) is 43.5 Å². The van der Waals surface area contributed by atoms with Crippen molar-refractivity contribution in [3.8, 4) is 0 Å². The number of hydrogen-bond donors (Lipinski definition) is 3. The lowest BCUT2D eigenvalue weighted by molar-refractivity contribution is -0.120. The SMILES string of the molecule is CN=C(NCc1cccc(F)c1)NCc1cccc(NC(=O)C2CCCCC2)c1.I. The number of carbonyl (C=O) groups excluding carboxylic acids is 1. The second-order valence-corrected chi connectivity index (χ2v) is 7.43. The molecule has 3 N–H and O–H groups in total. The number of anilines is 1. The van der Waals surface area contributed by atoms with Crippen LogP contribution in [0.4, 0.5) is 10.1 Å². The first-order valence-corrected chi connectivity index (χ1v) is 10.2. The lowest BCUT2D eigenvalue weighted by Gasteiger charge is -2.21. The molecular formula is C23H30FIN4O. The first kappa shape index (κ1) is 24.1. The molecule has 1 amide bonds. The molecule has 0 saturated heterocycles. The fraction of sp³-hybridized carbons (Fsp3) is 0.391. The smallest absolute Gasteiger partial charge is 0.227 e. The minimum Gasteiger partial charge on any atom is -0.352 e. The summed E-state index contributed by atoms with van der Waals surface area (Å²) in [6, 6.07) is 14.3. The highest BCUT2D eigenvalue weighted by atomic mass is 127. The molecule has 1 aliphatic rings. The predicted molar refractivity (Wildman–Crippen MR) is 131 cm³/mol. The molecule has 0 unspecified atom stereocenters. The number of aliphatic imine (C=N–C) groups is 1. The summed E-state index contributed by atoms with van der Waals surface area (Å²) in [6.07, 6.45) is 5.49. The number of amides is 1. The number of guanidine groups is 1. The normalized spacial score (nSPS) is 14.5. The molecule has 0 radical (unpaired) electrons. The molecule has 0 bridgehead atoms. The van der Waals surface area contributed by atoms with Crippen molar-refractivity contribution in [2.75, 3.05) is 12.4 Å². The molecule has 0 spiro atoms. The third-order valence-electron chi connectivity index (χ3n) is 5.20. The minimum atomic E-state index is -0.251.